The molecule has 130 valence electrons. The van der Waals surface area contributed by atoms with E-state index in [0.717, 1.165) is 38.0 Å². The Hall–Kier alpha value is -2.22. The largest absolute Gasteiger partial charge is 0.494 e. The van der Waals surface area contributed by atoms with Crippen LogP contribution in [-0.4, -0.2) is 35.8 Å². The topological polar surface area (TPSA) is 62.6 Å². The Morgan fingerprint density at radius 2 is 2.00 bits per heavy atom. The fraction of sp³-hybridized carbons (Fsp3) is 0.579. The van der Waals surface area contributed by atoms with Crippen LogP contribution in [0.15, 0.2) is 24.3 Å². The molecular formula is C19H26N2O3. The number of ether oxygens (including phenoxy) is 2. The first-order chi connectivity index (χ1) is 11.4. The van der Waals surface area contributed by atoms with E-state index in [4.69, 9.17) is 14.7 Å². The molecule has 0 aliphatic carbocycles. The number of benzene rings is 1. The van der Waals surface area contributed by atoms with Gasteiger partial charge in [-0.05, 0) is 64.3 Å². The third-order valence-corrected chi connectivity index (χ3v) is 3.96. The summed E-state index contributed by atoms with van der Waals surface area (Å²) >= 11 is 0. The maximum Gasteiger partial charge on any atom is 0.410 e. The van der Waals surface area contributed by atoms with Crippen LogP contribution in [0.4, 0.5) is 4.79 Å². The van der Waals surface area contributed by atoms with E-state index in [-0.39, 0.29) is 12.1 Å². The fourth-order valence-corrected chi connectivity index (χ4v) is 2.80. The van der Waals surface area contributed by atoms with Gasteiger partial charge in [0.15, 0.2) is 0 Å². The molecule has 1 aliphatic rings. The van der Waals surface area contributed by atoms with Crippen LogP contribution in [0.1, 0.15) is 52.0 Å². The molecule has 24 heavy (non-hydrogen) atoms. The summed E-state index contributed by atoms with van der Waals surface area (Å²) in [4.78, 5) is 14.2. The molecule has 0 N–H and O–H groups in total. The number of carbonyl (C=O) groups is 1. The van der Waals surface area contributed by atoms with Gasteiger partial charge in [-0.15, -0.1) is 0 Å². The van der Waals surface area contributed by atoms with Crippen LogP contribution in [0, 0.1) is 11.3 Å². The standard InChI is InChI=1S/C19H26N2O3/c1-19(2,3)24-18(22)21-12-5-4-6-16(21)11-13-23-17-9-7-15(14-20)8-10-17/h7-10,16H,4-6,11-13H2,1-3H3/t16-/m1/s1. The van der Waals surface area contributed by atoms with Gasteiger partial charge < -0.3 is 14.4 Å². The molecule has 5 nitrogen and oxygen atoms in total. The summed E-state index contributed by atoms with van der Waals surface area (Å²) in [6.45, 7) is 6.94. The highest BCUT2D eigenvalue weighted by Crippen LogP contribution is 2.23. The number of rotatable bonds is 4. The van der Waals surface area contributed by atoms with Gasteiger partial charge >= 0.3 is 6.09 Å². The smallest absolute Gasteiger partial charge is 0.410 e. The molecule has 0 saturated carbocycles. The summed E-state index contributed by atoms with van der Waals surface area (Å²) in [6.07, 6.45) is 3.67. The van der Waals surface area contributed by atoms with Crippen molar-refractivity contribution in [3.63, 3.8) is 0 Å². The Bertz CT molecular complexity index is 584. The molecule has 1 atom stereocenters. The van der Waals surface area contributed by atoms with Crippen LogP contribution in [0.25, 0.3) is 0 Å². The number of hydrogen-bond acceptors (Lipinski definition) is 4. The summed E-state index contributed by atoms with van der Waals surface area (Å²) in [5.74, 6) is 0.744. The first-order valence-corrected chi connectivity index (χ1v) is 8.51. The van der Waals surface area contributed by atoms with Gasteiger partial charge in [0.05, 0.1) is 18.2 Å². The number of nitrogens with zero attached hydrogens (tertiary/aromatic N) is 2. The highest BCUT2D eigenvalue weighted by Gasteiger charge is 2.30. The van der Waals surface area contributed by atoms with E-state index in [1.54, 1.807) is 24.3 Å². The Morgan fingerprint density at radius 1 is 1.29 bits per heavy atom. The molecular weight excluding hydrogens is 304 g/mol. The number of piperidine rings is 1. The molecule has 1 aliphatic heterocycles. The van der Waals surface area contributed by atoms with Gasteiger partial charge in [-0.1, -0.05) is 0 Å². The molecule has 1 saturated heterocycles. The molecule has 1 aromatic carbocycles. The first-order valence-electron chi connectivity index (χ1n) is 8.51. The number of nitriles is 1. The molecule has 0 bridgehead atoms. The van der Waals surface area contributed by atoms with Crippen molar-refractivity contribution in [2.45, 2.75) is 58.1 Å². The van der Waals surface area contributed by atoms with E-state index < -0.39 is 5.60 Å². The van der Waals surface area contributed by atoms with Crippen molar-refractivity contribution >= 4 is 6.09 Å². The number of amides is 1. The number of likely N-dealkylation sites (tertiary alicyclic amines) is 1. The van der Waals surface area contributed by atoms with Gasteiger partial charge in [0, 0.05) is 19.0 Å². The molecule has 0 unspecified atom stereocenters. The van der Waals surface area contributed by atoms with Crippen LogP contribution in [0.2, 0.25) is 0 Å². The van der Waals surface area contributed by atoms with E-state index in [2.05, 4.69) is 6.07 Å². The average Bonchev–Trinajstić information content (AvgIpc) is 2.54. The maximum atomic E-state index is 12.4. The first kappa shape index (κ1) is 18.1. The van der Waals surface area contributed by atoms with Gasteiger partial charge in [0.1, 0.15) is 11.4 Å². The molecule has 1 aromatic rings. The predicted octanol–water partition coefficient (Wildman–Crippen LogP) is 4.12. The number of carbonyl (C=O) groups excluding carboxylic acids is 1. The number of hydrogen-bond donors (Lipinski definition) is 0. The van der Waals surface area contributed by atoms with E-state index in [1.807, 2.05) is 25.7 Å². The van der Waals surface area contributed by atoms with Crippen molar-refractivity contribution in [1.29, 1.82) is 5.26 Å². The normalized spacial score (nSPS) is 17.9. The van der Waals surface area contributed by atoms with Crippen molar-refractivity contribution in [2.75, 3.05) is 13.2 Å². The van der Waals surface area contributed by atoms with E-state index in [9.17, 15) is 4.79 Å². The zero-order valence-electron chi connectivity index (χ0n) is 14.7. The lowest BCUT2D eigenvalue weighted by molar-refractivity contribution is 0.00744. The zero-order valence-corrected chi connectivity index (χ0v) is 14.7. The van der Waals surface area contributed by atoms with Crippen LogP contribution in [-0.2, 0) is 4.74 Å². The lowest BCUT2D eigenvalue weighted by Gasteiger charge is -2.36. The Labute approximate surface area is 144 Å². The van der Waals surface area contributed by atoms with Gasteiger partial charge in [-0.2, -0.15) is 5.26 Å². The van der Waals surface area contributed by atoms with Crippen molar-refractivity contribution < 1.29 is 14.3 Å². The average molecular weight is 330 g/mol. The fourth-order valence-electron chi connectivity index (χ4n) is 2.80. The SMILES string of the molecule is CC(C)(C)OC(=O)N1CCCC[C@@H]1CCOc1ccc(C#N)cc1. The minimum Gasteiger partial charge on any atom is -0.494 e. The molecule has 0 spiro atoms. The van der Waals surface area contributed by atoms with Crippen molar-refractivity contribution in [3.05, 3.63) is 29.8 Å². The second kappa shape index (κ2) is 8.05. The van der Waals surface area contributed by atoms with Crippen molar-refractivity contribution in [2.24, 2.45) is 0 Å². The van der Waals surface area contributed by atoms with Crippen LogP contribution in [0.3, 0.4) is 0 Å². The van der Waals surface area contributed by atoms with Crippen molar-refractivity contribution in [1.82, 2.24) is 4.90 Å². The van der Waals surface area contributed by atoms with E-state index in [0.29, 0.717) is 12.2 Å². The monoisotopic (exact) mass is 330 g/mol. The highest BCUT2D eigenvalue weighted by molar-refractivity contribution is 5.68. The molecule has 1 amide bonds. The highest BCUT2D eigenvalue weighted by atomic mass is 16.6. The third-order valence-electron chi connectivity index (χ3n) is 3.96. The van der Waals surface area contributed by atoms with Gasteiger partial charge in [-0.25, -0.2) is 4.79 Å². The summed E-state index contributed by atoms with van der Waals surface area (Å²) in [6, 6.07) is 9.32. The maximum absolute atomic E-state index is 12.4. The summed E-state index contributed by atoms with van der Waals surface area (Å²) in [5.41, 5.74) is 0.142. The summed E-state index contributed by atoms with van der Waals surface area (Å²) in [7, 11) is 0. The molecule has 5 heteroatoms. The lowest BCUT2D eigenvalue weighted by atomic mass is 10.0. The van der Waals surface area contributed by atoms with Crippen molar-refractivity contribution in [3.8, 4) is 11.8 Å². The van der Waals surface area contributed by atoms with Crippen LogP contribution < -0.4 is 4.74 Å². The van der Waals surface area contributed by atoms with Gasteiger partial charge in [0.2, 0.25) is 0 Å². The van der Waals surface area contributed by atoms with Crippen LogP contribution >= 0.6 is 0 Å². The second-order valence-electron chi connectivity index (χ2n) is 7.10. The summed E-state index contributed by atoms with van der Waals surface area (Å²) in [5, 5.41) is 8.80. The Balaban J connectivity index is 1.86. The molecule has 0 radical (unpaired) electrons. The zero-order chi connectivity index (χ0) is 17.6. The van der Waals surface area contributed by atoms with E-state index >= 15 is 0 Å². The van der Waals surface area contributed by atoms with E-state index in [1.165, 1.54) is 0 Å². The Morgan fingerprint density at radius 3 is 2.62 bits per heavy atom. The Kier molecular flexibility index (Phi) is 6.08. The molecule has 1 fully saturated rings. The summed E-state index contributed by atoms with van der Waals surface area (Å²) < 4.78 is 11.3. The quantitative estimate of drug-likeness (QED) is 0.833. The van der Waals surface area contributed by atoms with Gasteiger partial charge in [-0.3, -0.25) is 0 Å². The minimum absolute atomic E-state index is 0.159. The minimum atomic E-state index is -0.474. The molecule has 0 aromatic heterocycles. The van der Waals surface area contributed by atoms with Crippen LogP contribution in [0.5, 0.6) is 5.75 Å². The predicted molar refractivity (Wildman–Crippen MR) is 91.8 cm³/mol. The lowest BCUT2D eigenvalue weighted by Crippen LogP contribution is -2.46. The molecule has 1 heterocycles. The molecule has 2 rings (SSSR count). The third kappa shape index (κ3) is 5.45. The van der Waals surface area contributed by atoms with Gasteiger partial charge in [0.25, 0.3) is 0 Å². The second-order valence-corrected chi connectivity index (χ2v) is 7.10.